The Labute approximate surface area is 150 Å². The number of hydrogen-bond acceptors (Lipinski definition) is 5. The highest BCUT2D eigenvalue weighted by Crippen LogP contribution is 2.23. The molecule has 136 valence electrons. The summed E-state index contributed by atoms with van der Waals surface area (Å²) < 4.78 is 5.18. The molecule has 1 aromatic heterocycles. The zero-order valence-corrected chi connectivity index (χ0v) is 14.6. The van der Waals surface area contributed by atoms with Gasteiger partial charge in [0.2, 0.25) is 0 Å². The molecule has 8 nitrogen and oxygen atoms in total. The van der Waals surface area contributed by atoms with Crippen LogP contribution in [0, 0.1) is 0 Å². The molecule has 0 saturated heterocycles. The lowest BCUT2D eigenvalue weighted by atomic mass is 10.1. The molecule has 0 fully saturated rings. The van der Waals surface area contributed by atoms with E-state index in [9.17, 15) is 14.4 Å². The first-order chi connectivity index (χ1) is 12.2. The number of anilines is 2. The van der Waals surface area contributed by atoms with E-state index < -0.39 is 23.6 Å². The van der Waals surface area contributed by atoms with Gasteiger partial charge in [-0.05, 0) is 45.0 Å². The van der Waals surface area contributed by atoms with Crippen molar-refractivity contribution in [2.45, 2.75) is 26.4 Å². The molecule has 0 aliphatic rings. The maximum atomic E-state index is 12.4. The normalized spacial score (nSPS) is 10.7. The molecule has 26 heavy (non-hydrogen) atoms. The van der Waals surface area contributed by atoms with Crippen LogP contribution in [0.25, 0.3) is 0 Å². The number of aromatic carboxylic acids is 1. The number of carboxylic acids is 1. The molecule has 1 aromatic carbocycles. The Morgan fingerprint density at radius 2 is 1.62 bits per heavy atom. The molecule has 0 aliphatic heterocycles. The van der Waals surface area contributed by atoms with Crippen LogP contribution in [0.3, 0.4) is 0 Å². The number of carbonyl (C=O) groups is 3. The van der Waals surface area contributed by atoms with Crippen LogP contribution in [-0.2, 0) is 4.74 Å². The van der Waals surface area contributed by atoms with Gasteiger partial charge in [-0.2, -0.15) is 0 Å². The maximum Gasteiger partial charge on any atom is 0.412 e. The highest BCUT2D eigenvalue weighted by molar-refractivity contribution is 6.10. The molecule has 0 bridgehead atoms. The van der Waals surface area contributed by atoms with Crippen LogP contribution in [-0.4, -0.2) is 33.7 Å². The van der Waals surface area contributed by atoms with Crippen molar-refractivity contribution in [1.29, 1.82) is 0 Å². The van der Waals surface area contributed by atoms with Gasteiger partial charge in [-0.25, -0.2) is 9.59 Å². The molecular formula is C18H19N3O5. The van der Waals surface area contributed by atoms with E-state index >= 15 is 0 Å². The predicted molar refractivity (Wildman–Crippen MR) is 95.4 cm³/mol. The number of nitrogens with zero attached hydrogens (tertiary/aromatic N) is 1. The van der Waals surface area contributed by atoms with Crippen LogP contribution in [0.1, 0.15) is 41.6 Å². The molecule has 3 N–H and O–H groups in total. The van der Waals surface area contributed by atoms with Gasteiger partial charge in [0.1, 0.15) is 11.3 Å². The lowest BCUT2D eigenvalue weighted by molar-refractivity contribution is 0.0634. The van der Waals surface area contributed by atoms with E-state index in [2.05, 4.69) is 15.6 Å². The van der Waals surface area contributed by atoms with Gasteiger partial charge < -0.3 is 15.2 Å². The van der Waals surface area contributed by atoms with Gasteiger partial charge in [-0.15, -0.1) is 0 Å². The first-order valence-corrected chi connectivity index (χ1v) is 7.76. The van der Waals surface area contributed by atoms with Crippen molar-refractivity contribution in [1.82, 2.24) is 4.98 Å². The Hall–Kier alpha value is -3.42. The number of amides is 2. The van der Waals surface area contributed by atoms with Gasteiger partial charge in [0.05, 0.1) is 16.9 Å². The summed E-state index contributed by atoms with van der Waals surface area (Å²) in [6.45, 7) is 5.19. The molecule has 2 amide bonds. The molecule has 0 radical (unpaired) electrons. The van der Waals surface area contributed by atoms with Gasteiger partial charge in [0.25, 0.3) is 5.91 Å². The van der Waals surface area contributed by atoms with E-state index in [1.807, 2.05) is 0 Å². The molecule has 0 saturated carbocycles. The molecule has 2 aromatic rings. The van der Waals surface area contributed by atoms with Crippen LogP contribution in [0.4, 0.5) is 16.2 Å². The SMILES string of the molecule is CC(C)(C)OC(=O)Nc1ccccc1NC(=O)c1ncccc1C(=O)O. The number of hydrogen-bond donors (Lipinski definition) is 3. The Bertz CT molecular complexity index is 843. The second-order valence-corrected chi connectivity index (χ2v) is 6.33. The molecule has 0 aliphatic carbocycles. The zero-order valence-electron chi connectivity index (χ0n) is 14.6. The minimum atomic E-state index is -1.26. The first kappa shape index (κ1) is 18.9. The standard InChI is InChI=1S/C18H19N3O5/c1-18(2,3)26-17(25)21-13-9-5-4-8-12(13)20-15(22)14-11(16(23)24)7-6-10-19-14/h4-10H,1-3H3,(H,20,22)(H,21,25)(H,23,24). The summed E-state index contributed by atoms with van der Waals surface area (Å²) in [4.78, 5) is 39.4. The van der Waals surface area contributed by atoms with Crippen molar-refractivity contribution in [2.24, 2.45) is 0 Å². The summed E-state index contributed by atoms with van der Waals surface area (Å²) in [5, 5.41) is 14.3. The van der Waals surface area contributed by atoms with Gasteiger partial charge in [-0.3, -0.25) is 15.1 Å². The average Bonchev–Trinajstić information content (AvgIpc) is 2.54. The van der Waals surface area contributed by atoms with E-state index in [1.54, 1.807) is 45.0 Å². The number of nitrogens with one attached hydrogen (secondary N) is 2. The van der Waals surface area contributed by atoms with E-state index in [0.29, 0.717) is 5.69 Å². The lowest BCUT2D eigenvalue weighted by Crippen LogP contribution is -2.27. The second-order valence-electron chi connectivity index (χ2n) is 6.33. The number of carbonyl (C=O) groups excluding carboxylic acids is 2. The summed E-state index contributed by atoms with van der Waals surface area (Å²) in [6, 6.07) is 9.19. The molecular weight excluding hydrogens is 338 g/mol. The van der Waals surface area contributed by atoms with Crippen molar-refractivity contribution >= 4 is 29.3 Å². The number of carboxylic acid groups (broad SMARTS) is 1. The summed E-state index contributed by atoms with van der Waals surface area (Å²) >= 11 is 0. The number of aromatic nitrogens is 1. The smallest absolute Gasteiger partial charge is 0.412 e. The monoisotopic (exact) mass is 357 g/mol. The number of ether oxygens (including phenoxy) is 1. The van der Waals surface area contributed by atoms with Gasteiger partial charge in [0, 0.05) is 6.20 Å². The topological polar surface area (TPSA) is 118 Å². The third-order valence-corrected chi connectivity index (χ3v) is 3.06. The Balaban J connectivity index is 2.22. The highest BCUT2D eigenvalue weighted by atomic mass is 16.6. The average molecular weight is 357 g/mol. The van der Waals surface area contributed by atoms with Crippen molar-refractivity contribution in [3.05, 3.63) is 53.9 Å². The van der Waals surface area contributed by atoms with Crippen molar-refractivity contribution < 1.29 is 24.2 Å². The summed E-state index contributed by atoms with van der Waals surface area (Å²) in [6.07, 6.45) is 0.648. The third-order valence-electron chi connectivity index (χ3n) is 3.06. The Morgan fingerprint density at radius 1 is 1.00 bits per heavy atom. The van der Waals surface area contributed by atoms with Crippen molar-refractivity contribution in [3.8, 4) is 0 Å². The fraction of sp³-hybridized carbons (Fsp3) is 0.222. The Kier molecular flexibility index (Phi) is 5.56. The number of para-hydroxylation sites is 2. The second kappa shape index (κ2) is 7.64. The fourth-order valence-electron chi connectivity index (χ4n) is 2.06. The van der Waals surface area contributed by atoms with Crippen LogP contribution in [0.5, 0.6) is 0 Å². The third kappa shape index (κ3) is 5.04. The van der Waals surface area contributed by atoms with E-state index in [-0.39, 0.29) is 16.9 Å². The van der Waals surface area contributed by atoms with Gasteiger partial charge in [0.15, 0.2) is 0 Å². The summed E-state index contributed by atoms with van der Waals surface area (Å²) in [7, 11) is 0. The van der Waals surface area contributed by atoms with E-state index in [1.165, 1.54) is 18.3 Å². The first-order valence-electron chi connectivity index (χ1n) is 7.76. The van der Waals surface area contributed by atoms with Gasteiger partial charge >= 0.3 is 12.1 Å². The number of pyridine rings is 1. The van der Waals surface area contributed by atoms with Crippen LogP contribution < -0.4 is 10.6 Å². The number of benzene rings is 1. The number of rotatable bonds is 4. The maximum absolute atomic E-state index is 12.4. The van der Waals surface area contributed by atoms with E-state index in [4.69, 9.17) is 9.84 Å². The summed E-state index contributed by atoms with van der Waals surface area (Å²) in [5.74, 6) is -1.97. The minimum absolute atomic E-state index is 0.220. The van der Waals surface area contributed by atoms with E-state index in [0.717, 1.165) is 0 Å². The zero-order chi connectivity index (χ0) is 19.3. The van der Waals surface area contributed by atoms with Crippen LogP contribution in [0.2, 0.25) is 0 Å². The predicted octanol–water partition coefficient (Wildman–Crippen LogP) is 3.38. The van der Waals surface area contributed by atoms with Crippen molar-refractivity contribution in [3.63, 3.8) is 0 Å². The Morgan fingerprint density at radius 3 is 2.19 bits per heavy atom. The van der Waals surface area contributed by atoms with Crippen molar-refractivity contribution in [2.75, 3.05) is 10.6 Å². The largest absolute Gasteiger partial charge is 0.478 e. The van der Waals surface area contributed by atoms with Crippen LogP contribution in [0.15, 0.2) is 42.6 Å². The van der Waals surface area contributed by atoms with Crippen LogP contribution >= 0.6 is 0 Å². The summed E-state index contributed by atoms with van der Waals surface area (Å²) in [5.41, 5.74) is -0.532. The molecule has 8 heteroatoms. The molecule has 0 atom stereocenters. The van der Waals surface area contributed by atoms with Gasteiger partial charge in [-0.1, -0.05) is 12.1 Å². The molecule has 0 spiro atoms. The quantitative estimate of drug-likeness (QED) is 0.772. The molecule has 0 unspecified atom stereocenters. The highest BCUT2D eigenvalue weighted by Gasteiger charge is 2.20. The molecule has 2 rings (SSSR count). The minimum Gasteiger partial charge on any atom is -0.478 e. The lowest BCUT2D eigenvalue weighted by Gasteiger charge is -2.20. The molecule has 1 heterocycles. The fourth-order valence-corrected chi connectivity index (χ4v) is 2.06.